The van der Waals surface area contributed by atoms with Gasteiger partial charge >= 0.3 is 5.97 Å². The predicted octanol–water partition coefficient (Wildman–Crippen LogP) is 4.41. The fourth-order valence-corrected chi connectivity index (χ4v) is 4.00. The Kier molecular flexibility index (Phi) is 6.58. The quantitative estimate of drug-likeness (QED) is 0.434. The minimum atomic E-state index is -0.450. The van der Waals surface area contributed by atoms with Gasteiger partial charge in [0.05, 0.1) is 18.4 Å². The molecule has 0 radical (unpaired) electrons. The number of benzene rings is 2. The molecule has 1 aliphatic carbocycles. The molecule has 4 rings (SSSR count). The maximum absolute atomic E-state index is 12.9. The lowest BCUT2D eigenvalue weighted by Crippen LogP contribution is -2.22. The number of amides is 2. The Morgan fingerprint density at radius 2 is 1.71 bits per heavy atom. The van der Waals surface area contributed by atoms with Crippen molar-refractivity contribution in [2.75, 3.05) is 12.4 Å². The van der Waals surface area contributed by atoms with Crippen LogP contribution in [0.3, 0.4) is 0 Å². The lowest BCUT2D eigenvalue weighted by molar-refractivity contribution is 0.0600. The molecule has 0 atom stereocenters. The Hall–Kier alpha value is -4.20. The SMILES string of the molecule is COC(=O)c1ccc(NC(=O)c2oc3c(c2C)/C(=N/NC(=O)c2ccccc2C)CCC3)cc1. The number of nitrogens with one attached hydrogen (secondary N) is 2. The van der Waals surface area contributed by atoms with Gasteiger partial charge in [-0.05, 0) is 62.6 Å². The molecule has 8 nitrogen and oxygen atoms in total. The molecule has 0 saturated carbocycles. The van der Waals surface area contributed by atoms with E-state index < -0.39 is 11.9 Å². The summed E-state index contributed by atoms with van der Waals surface area (Å²) >= 11 is 0. The van der Waals surface area contributed by atoms with Crippen molar-refractivity contribution in [1.29, 1.82) is 0 Å². The fraction of sp³-hybridized carbons (Fsp3) is 0.231. The van der Waals surface area contributed by atoms with Crippen LogP contribution in [0.4, 0.5) is 5.69 Å². The van der Waals surface area contributed by atoms with Crippen molar-refractivity contribution in [2.45, 2.75) is 33.1 Å². The summed E-state index contributed by atoms with van der Waals surface area (Å²) in [6.45, 7) is 3.68. The topological polar surface area (TPSA) is 110 Å². The Bertz CT molecular complexity index is 1290. The molecule has 34 heavy (non-hydrogen) atoms. The van der Waals surface area contributed by atoms with Crippen molar-refractivity contribution in [3.05, 3.63) is 87.9 Å². The van der Waals surface area contributed by atoms with Crippen molar-refractivity contribution in [1.82, 2.24) is 5.43 Å². The van der Waals surface area contributed by atoms with Crippen LogP contribution in [-0.4, -0.2) is 30.6 Å². The molecule has 1 aromatic heterocycles. The van der Waals surface area contributed by atoms with Gasteiger partial charge in [-0.25, -0.2) is 10.2 Å². The highest BCUT2D eigenvalue weighted by Crippen LogP contribution is 2.30. The smallest absolute Gasteiger partial charge is 0.337 e. The van der Waals surface area contributed by atoms with Crippen LogP contribution in [0.1, 0.15) is 66.6 Å². The second-order valence-corrected chi connectivity index (χ2v) is 8.05. The van der Waals surface area contributed by atoms with E-state index in [4.69, 9.17) is 4.42 Å². The number of carbonyl (C=O) groups excluding carboxylic acids is 3. The van der Waals surface area contributed by atoms with E-state index in [0.29, 0.717) is 46.7 Å². The molecule has 8 heteroatoms. The van der Waals surface area contributed by atoms with E-state index in [-0.39, 0.29) is 11.7 Å². The van der Waals surface area contributed by atoms with E-state index in [2.05, 4.69) is 20.6 Å². The van der Waals surface area contributed by atoms with Gasteiger partial charge in [0, 0.05) is 28.8 Å². The summed E-state index contributed by atoms with van der Waals surface area (Å²) in [6.07, 6.45) is 2.15. The van der Waals surface area contributed by atoms with Crippen molar-refractivity contribution in [3.8, 4) is 0 Å². The number of ether oxygens (including phenoxy) is 1. The van der Waals surface area contributed by atoms with Gasteiger partial charge < -0.3 is 14.5 Å². The van der Waals surface area contributed by atoms with Crippen LogP contribution in [0, 0.1) is 13.8 Å². The number of aryl methyl sites for hydroxylation is 2. The number of esters is 1. The molecule has 1 heterocycles. The maximum atomic E-state index is 12.9. The third-order valence-electron chi connectivity index (χ3n) is 5.78. The van der Waals surface area contributed by atoms with E-state index in [9.17, 15) is 14.4 Å². The van der Waals surface area contributed by atoms with Crippen LogP contribution in [0.15, 0.2) is 58.0 Å². The van der Waals surface area contributed by atoms with Crippen LogP contribution < -0.4 is 10.7 Å². The zero-order chi connectivity index (χ0) is 24.2. The largest absolute Gasteiger partial charge is 0.465 e. The first kappa shape index (κ1) is 23.0. The number of rotatable bonds is 5. The molecule has 0 saturated heterocycles. The number of nitrogens with zero attached hydrogens (tertiary/aromatic N) is 1. The lowest BCUT2D eigenvalue weighted by atomic mass is 9.93. The Labute approximate surface area is 197 Å². The summed E-state index contributed by atoms with van der Waals surface area (Å²) < 4.78 is 10.6. The highest BCUT2D eigenvalue weighted by Gasteiger charge is 2.28. The van der Waals surface area contributed by atoms with E-state index >= 15 is 0 Å². The zero-order valence-electron chi connectivity index (χ0n) is 19.2. The van der Waals surface area contributed by atoms with Crippen molar-refractivity contribution in [3.63, 3.8) is 0 Å². The van der Waals surface area contributed by atoms with E-state index in [0.717, 1.165) is 17.5 Å². The molecule has 3 aromatic rings. The van der Waals surface area contributed by atoms with Gasteiger partial charge in [0.1, 0.15) is 5.76 Å². The van der Waals surface area contributed by atoms with Crippen LogP contribution in [0.25, 0.3) is 0 Å². The van der Waals surface area contributed by atoms with E-state index in [1.54, 1.807) is 30.3 Å². The summed E-state index contributed by atoms with van der Waals surface area (Å²) in [5.74, 6) is -0.261. The summed E-state index contributed by atoms with van der Waals surface area (Å²) in [7, 11) is 1.31. The van der Waals surface area contributed by atoms with Gasteiger partial charge in [-0.15, -0.1) is 0 Å². The number of hydrogen-bond donors (Lipinski definition) is 2. The predicted molar refractivity (Wildman–Crippen MR) is 127 cm³/mol. The number of methoxy groups -OCH3 is 1. The zero-order valence-corrected chi connectivity index (χ0v) is 19.2. The first-order valence-electron chi connectivity index (χ1n) is 10.9. The third kappa shape index (κ3) is 4.61. The Balaban J connectivity index is 1.53. The molecule has 2 amide bonds. The average molecular weight is 460 g/mol. The van der Waals surface area contributed by atoms with Crippen molar-refractivity contribution >= 4 is 29.2 Å². The summed E-state index contributed by atoms with van der Waals surface area (Å²) in [5, 5.41) is 7.17. The number of hydrazone groups is 1. The van der Waals surface area contributed by atoms with Crippen molar-refractivity contribution in [2.24, 2.45) is 5.10 Å². The monoisotopic (exact) mass is 459 g/mol. The molecule has 0 unspecified atom stereocenters. The standard InChI is InChI=1S/C26H25N3O5/c1-15-7-4-5-8-19(15)24(30)29-28-20-9-6-10-21-22(20)16(2)23(34-21)25(31)27-18-13-11-17(12-14-18)26(32)33-3/h4-5,7-8,11-14H,6,9-10H2,1-3H3,(H,27,31)(H,29,30)/b28-20+. The Morgan fingerprint density at radius 3 is 2.41 bits per heavy atom. The van der Waals surface area contributed by atoms with E-state index in [1.165, 1.54) is 7.11 Å². The maximum Gasteiger partial charge on any atom is 0.337 e. The molecule has 1 aliphatic rings. The van der Waals surface area contributed by atoms with Crippen LogP contribution in [0.5, 0.6) is 0 Å². The minimum Gasteiger partial charge on any atom is -0.465 e. The summed E-state index contributed by atoms with van der Waals surface area (Å²) in [5.41, 5.74) is 7.10. The number of carbonyl (C=O) groups is 3. The molecule has 2 N–H and O–H groups in total. The van der Waals surface area contributed by atoms with Crippen LogP contribution in [-0.2, 0) is 11.2 Å². The molecule has 0 bridgehead atoms. The number of hydrogen-bond acceptors (Lipinski definition) is 6. The molecule has 2 aromatic carbocycles. The minimum absolute atomic E-state index is 0.196. The first-order valence-corrected chi connectivity index (χ1v) is 10.9. The first-order chi connectivity index (χ1) is 16.4. The number of fused-ring (bicyclic) bond motifs is 1. The molecule has 0 aliphatic heterocycles. The third-order valence-corrected chi connectivity index (χ3v) is 5.78. The summed E-state index contributed by atoms with van der Waals surface area (Å²) in [4.78, 5) is 37.1. The second kappa shape index (κ2) is 9.74. The number of anilines is 1. The van der Waals surface area contributed by atoms with Gasteiger partial charge in [-0.1, -0.05) is 18.2 Å². The van der Waals surface area contributed by atoms with Crippen LogP contribution in [0.2, 0.25) is 0 Å². The molecular weight excluding hydrogens is 434 g/mol. The Morgan fingerprint density at radius 1 is 0.971 bits per heavy atom. The summed E-state index contributed by atoms with van der Waals surface area (Å²) in [6, 6.07) is 13.7. The highest BCUT2D eigenvalue weighted by molar-refractivity contribution is 6.09. The van der Waals surface area contributed by atoms with Gasteiger partial charge in [0.15, 0.2) is 5.76 Å². The highest BCUT2D eigenvalue weighted by atomic mass is 16.5. The molecule has 0 spiro atoms. The normalized spacial score (nSPS) is 13.8. The number of furan rings is 1. The van der Waals surface area contributed by atoms with Gasteiger partial charge in [-0.2, -0.15) is 5.10 Å². The average Bonchev–Trinajstić information content (AvgIpc) is 3.20. The fourth-order valence-electron chi connectivity index (χ4n) is 4.00. The molecular formula is C26H25N3O5. The lowest BCUT2D eigenvalue weighted by Gasteiger charge is -2.13. The van der Waals surface area contributed by atoms with Crippen LogP contribution >= 0.6 is 0 Å². The second-order valence-electron chi connectivity index (χ2n) is 8.05. The van der Waals surface area contributed by atoms with Crippen molar-refractivity contribution < 1.29 is 23.5 Å². The van der Waals surface area contributed by atoms with Gasteiger partial charge in [0.25, 0.3) is 11.8 Å². The van der Waals surface area contributed by atoms with E-state index in [1.807, 2.05) is 32.0 Å². The molecule has 174 valence electrons. The van der Waals surface area contributed by atoms with Gasteiger partial charge in [0.2, 0.25) is 0 Å². The molecule has 0 fully saturated rings. The van der Waals surface area contributed by atoms with Gasteiger partial charge in [-0.3, -0.25) is 9.59 Å².